The van der Waals surface area contributed by atoms with Crippen LogP contribution in [0, 0.1) is 24.0 Å². The summed E-state index contributed by atoms with van der Waals surface area (Å²) in [5.74, 6) is -2.59. The van der Waals surface area contributed by atoms with Gasteiger partial charge in [-0.1, -0.05) is 38.5 Å². The Balaban J connectivity index is 1.87. The summed E-state index contributed by atoms with van der Waals surface area (Å²) in [5, 5.41) is 2.85. The van der Waals surface area contributed by atoms with Crippen molar-refractivity contribution >= 4 is 46.6 Å². The fourth-order valence-electron chi connectivity index (χ4n) is 3.71. The largest absolute Gasteiger partial charge is 0.363 e. The van der Waals surface area contributed by atoms with E-state index in [4.69, 9.17) is 10.7 Å². The predicted molar refractivity (Wildman–Crippen MR) is 141 cm³/mol. The average Bonchev–Trinajstić information content (AvgIpc) is 3.18. The number of nitrogens with one attached hydrogen (secondary N) is 1. The Bertz CT molecular complexity index is 1740. The third-order valence-corrected chi connectivity index (χ3v) is 8.64. The monoisotopic (exact) mass is 583 g/mol. The fraction of sp³-hybridized carbons (Fsp3) is 0.292. The highest BCUT2D eigenvalue weighted by molar-refractivity contribution is 8.13. The maximum absolute atomic E-state index is 14.7. The standard InChI is InChI=1S/C24H24ClF2N5O4S2/c1-14-5-7-16(8-6-14)38(35,36)32-12-18(17-9-15(26)10-29-23(17)32)21-28-11-19(27)22(31-21)30-20(24(2,3)4)13-37(25,33)34/h5-12,20H,13H2,1-4H3,(H,28,30,31)/t20-/m1/s1. The number of rotatable bonds is 7. The van der Waals surface area contributed by atoms with Crippen LogP contribution in [0.5, 0.6) is 0 Å². The maximum atomic E-state index is 14.7. The Morgan fingerprint density at radius 2 is 1.71 bits per heavy atom. The molecule has 3 aromatic heterocycles. The van der Waals surface area contributed by atoms with Gasteiger partial charge in [0.25, 0.3) is 10.0 Å². The van der Waals surface area contributed by atoms with Crippen LogP contribution in [-0.4, -0.2) is 47.6 Å². The van der Waals surface area contributed by atoms with Gasteiger partial charge in [0.15, 0.2) is 23.1 Å². The SMILES string of the molecule is Cc1ccc(S(=O)(=O)n2cc(-c3ncc(F)c(N[C@H](CS(=O)(=O)Cl)C(C)(C)C)n3)c3cc(F)cnc32)cc1. The van der Waals surface area contributed by atoms with E-state index in [1.165, 1.54) is 18.3 Å². The van der Waals surface area contributed by atoms with Crippen LogP contribution in [0.2, 0.25) is 0 Å². The molecule has 0 aliphatic carbocycles. The zero-order chi connectivity index (χ0) is 28.0. The number of aryl methyl sites for hydroxylation is 1. The van der Waals surface area contributed by atoms with Crippen molar-refractivity contribution in [3.8, 4) is 11.4 Å². The molecule has 38 heavy (non-hydrogen) atoms. The Kier molecular flexibility index (Phi) is 7.23. The van der Waals surface area contributed by atoms with Gasteiger partial charge in [-0.05, 0) is 30.5 Å². The number of hydrogen-bond donors (Lipinski definition) is 1. The molecule has 0 spiro atoms. The molecule has 0 bridgehead atoms. The molecule has 14 heteroatoms. The second-order valence-electron chi connectivity index (χ2n) is 9.84. The van der Waals surface area contributed by atoms with Crippen molar-refractivity contribution in [3.05, 3.63) is 66.1 Å². The molecule has 0 amide bonds. The van der Waals surface area contributed by atoms with Crippen molar-refractivity contribution in [2.24, 2.45) is 5.41 Å². The van der Waals surface area contributed by atoms with Crippen LogP contribution in [0.1, 0.15) is 26.3 Å². The van der Waals surface area contributed by atoms with Crippen molar-refractivity contribution in [2.45, 2.75) is 38.6 Å². The van der Waals surface area contributed by atoms with Gasteiger partial charge in [-0.15, -0.1) is 0 Å². The minimum absolute atomic E-state index is 0.0182. The number of fused-ring (bicyclic) bond motifs is 1. The summed E-state index contributed by atoms with van der Waals surface area (Å²) in [4.78, 5) is 12.1. The van der Waals surface area contributed by atoms with Gasteiger partial charge in [-0.2, -0.15) is 0 Å². The van der Waals surface area contributed by atoms with Crippen LogP contribution in [0.4, 0.5) is 14.6 Å². The number of pyridine rings is 1. The first kappa shape index (κ1) is 27.9. The topological polar surface area (TPSA) is 124 Å². The normalized spacial score (nSPS) is 13.6. The summed E-state index contributed by atoms with van der Waals surface area (Å²) >= 11 is 0. The summed E-state index contributed by atoms with van der Waals surface area (Å²) in [6, 6.07) is 6.39. The summed E-state index contributed by atoms with van der Waals surface area (Å²) in [7, 11) is -2.65. The van der Waals surface area contributed by atoms with E-state index < -0.39 is 47.9 Å². The molecule has 0 fully saturated rings. The van der Waals surface area contributed by atoms with Crippen LogP contribution >= 0.6 is 10.7 Å². The second kappa shape index (κ2) is 9.86. The van der Waals surface area contributed by atoms with E-state index in [0.717, 1.165) is 28.0 Å². The highest BCUT2D eigenvalue weighted by Gasteiger charge is 2.31. The van der Waals surface area contributed by atoms with Gasteiger partial charge in [0.1, 0.15) is 5.82 Å². The van der Waals surface area contributed by atoms with Gasteiger partial charge in [-0.25, -0.2) is 44.5 Å². The van der Waals surface area contributed by atoms with Crippen LogP contribution in [0.15, 0.2) is 53.8 Å². The fourth-order valence-corrected chi connectivity index (χ4v) is 6.39. The molecule has 1 N–H and O–H groups in total. The highest BCUT2D eigenvalue weighted by atomic mass is 35.7. The number of anilines is 1. The molecule has 3 heterocycles. The quantitative estimate of drug-likeness (QED) is 0.310. The van der Waals surface area contributed by atoms with Crippen molar-refractivity contribution in [1.29, 1.82) is 0 Å². The van der Waals surface area contributed by atoms with Gasteiger partial charge in [0, 0.05) is 33.9 Å². The predicted octanol–water partition coefficient (Wildman–Crippen LogP) is 4.71. The zero-order valence-electron chi connectivity index (χ0n) is 20.8. The first-order valence-corrected chi connectivity index (χ1v) is 15.2. The minimum Gasteiger partial charge on any atom is -0.363 e. The van der Waals surface area contributed by atoms with Gasteiger partial charge in [0.2, 0.25) is 9.05 Å². The molecular weight excluding hydrogens is 560 g/mol. The van der Waals surface area contributed by atoms with Crippen molar-refractivity contribution in [3.63, 3.8) is 0 Å². The third-order valence-electron chi connectivity index (χ3n) is 5.86. The number of benzene rings is 1. The summed E-state index contributed by atoms with van der Waals surface area (Å²) in [5.41, 5.74) is 0.177. The lowest BCUT2D eigenvalue weighted by Crippen LogP contribution is -2.39. The molecule has 0 saturated heterocycles. The zero-order valence-corrected chi connectivity index (χ0v) is 23.2. The average molecular weight is 584 g/mol. The van der Waals surface area contributed by atoms with Crippen LogP contribution in [-0.2, 0) is 19.1 Å². The van der Waals surface area contributed by atoms with E-state index in [1.54, 1.807) is 32.9 Å². The van der Waals surface area contributed by atoms with E-state index in [9.17, 15) is 25.6 Å². The molecule has 0 radical (unpaired) electrons. The van der Waals surface area contributed by atoms with Crippen molar-refractivity contribution < 1.29 is 25.6 Å². The second-order valence-corrected chi connectivity index (χ2v) is 14.5. The van der Waals surface area contributed by atoms with Crippen LogP contribution in [0.3, 0.4) is 0 Å². The van der Waals surface area contributed by atoms with Gasteiger partial charge < -0.3 is 5.32 Å². The first-order valence-electron chi connectivity index (χ1n) is 11.3. The smallest absolute Gasteiger partial charge is 0.269 e. The van der Waals surface area contributed by atoms with Gasteiger partial charge in [0.05, 0.1) is 23.0 Å². The Hall–Kier alpha value is -3.16. The number of aromatic nitrogens is 4. The molecule has 4 aromatic rings. The number of halogens is 3. The highest BCUT2D eigenvalue weighted by Crippen LogP contribution is 2.32. The van der Waals surface area contributed by atoms with E-state index in [-0.39, 0.29) is 33.1 Å². The molecule has 1 aromatic carbocycles. The lowest BCUT2D eigenvalue weighted by Gasteiger charge is -2.31. The van der Waals surface area contributed by atoms with Crippen molar-refractivity contribution in [1.82, 2.24) is 18.9 Å². The Morgan fingerprint density at radius 1 is 1.05 bits per heavy atom. The Morgan fingerprint density at radius 3 is 2.32 bits per heavy atom. The van der Waals surface area contributed by atoms with Gasteiger partial charge >= 0.3 is 0 Å². The molecule has 1 atom stereocenters. The van der Waals surface area contributed by atoms with Crippen molar-refractivity contribution in [2.75, 3.05) is 11.1 Å². The van der Waals surface area contributed by atoms with Crippen LogP contribution < -0.4 is 5.32 Å². The third kappa shape index (κ3) is 5.79. The van der Waals surface area contributed by atoms with E-state index in [2.05, 4.69) is 20.3 Å². The summed E-state index contributed by atoms with van der Waals surface area (Å²) < 4.78 is 80.3. The first-order chi connectivity index (χ1) is 17.6. The minimum atomic E-state index is -4.15. The molecule has 0 unspecified atom stereocenters. The number of hydrogen-bond acceptors (Lipinski definition) is 8. The molecule has 202 valence electrons. The van der Waals surface area contributed by atoms with Crippen LogP contribution in [0.25, 0.3) is 22.4 Å². The summed E-state index contributed by atoms with van der Waals surface area (Å²) in [6.45, 7) is 7.04. The molecule has 9 nitrogen and oxygen atoms in total. The van der Waals surface area contributed by atoms with Gasteiger partial charge in [-0.3, -0.25) is 0 Å². The molecule has 0 aliphatic heterocycles. The lowest BCUT2D eigenvalue weighted by molar-refractivity contribution is 0.358. The molecule has 0 aliphatic rings. The molecule has 4 rings (SSSR count). The Labute approximate surface area is 223 Å². The number of nitrogens with zero attached hydrogens (tertiary/aromatic N) is 4. The maximum Gasteiger partial charge on any atom is 0.269 e. The van der Waals surface area contributed by atoms with E-state index >= 15 is 0 Å². The lowest BCUT2D eigenvalue weighted by atomic mass is 9.88. The van der Waals surface area contributed by atoms with E-state index in [0.29, 0.717) is 0 Å². The summed E-state index contributed by atoms with van der Waals surface area (Å²) in [6.07, 6.45) is 2.92. The molecule has 0 saturated carbocycles. The van der Waals surface area contributed by atoms with E-state index in [1.807, 2.05) is 6.92 Å². The molecular formula is C24H24ClF2N5O4S2.